The smallest absolute Gasteiger partial charge is 0.305 e. The van der Waals surface area contributed by atoms with Gasteiger partial charge in [0.15, 0.2) is 89.8 Å². The second-order valence-corrected chi connectivity index (χ2v) is 34.5. The zero-order chi connectivity index (χ0) is 89.8. The molecule has 688 valence electrons. The molecule has 12 saturated heterocycles. The number of Topliss-reactive ketones (excluding diaryl/α,β-unsaturated/α-hetero) is 1. The molecule has 12 rings (SSSR count). The Balaban J connectivity index is 0.000000247. The predicted octanol–water partition coefficient (Wildman–Crippen LogP) is 9.66. The first-order valence-electron chi connectivity index (χ1n) is 41.0. The molecule has 0 saturated carbocycles. The Morgan fingerprint density at radius 2 is 0.756 bits per heavy atom. The van der Waals surface area contributed by atoms with Crippen molar-refractivity contribution < 1.29 is 189 Å². The van der Waals surface area contributed by atoms with Crippen LogP contribution in [0.25, 0.3) is 0 Å². The normalized spacial score (nSPS) is 41.5. The Kier molecular flexibility index (Phi) is 37.1. The van der Waals surface area contributed by atoms with E-state index in [0.717, 1.165) is 35.8 Å². The third-order valence-corrected chi connectivity index (χ3v) is 24.3. The standard InChI is InChI=1S/C14H22O6.C13H24O5.C13H22O4.C12H22O5.C12H20O5.C11H18O5.C10H17O3.U/c1-7-14(8(2)3)12(17-6)11(18-9(4)15)13(20-14)19-10(5)16;1-7-13(11(2,3)14)9(15-6)8-10(18-13)17-12(4,5)16-8;1-7-13(8(2)3)10(14-6)9-11(17-13)16-12(4,5)15-9;2*1-6-12(7(2)13)9(14-5)8-10(17-12)16-11(3,4)15-8;1-5-11(6-12)8(13-4)7-9(16-11)15-10(2,3)14-7;1-5-10(7(2)3)9(12-4)8(11)6-13-10;/h11-13H,2,7H2,1,3-6H3;8-10,14H,7H2,1-6H3;9-11H,2,7H2,1,3-6H3;7-10,13H,6H2,1-5H3;8-10H,6H2,1-5H3;6-9H,5H2,1-4H3;6,8-9,11H,2,5H2,1,3-4H3;/q;;;;;;-1;/t11-,12+,13?,14+;8-,9+,10+,13-;9-,10+,11+,13+;7-,8+,9-,10-,12-;8-,9+,10+,12+;7-,8+,9+,11+;8-,9-,10-;/m1110110./s1. The van der Waals surface area contributed by atoms with Crippen molar-refractivity contribution in [2.75, 3.05) is 49.8 Å². The molecule has 28 atom stereocenters. The summed E-state index contributed by atoms with van der Waals surface area (Å²) in [6, 6.07) is 0. The average Bonchev–Trinajstić information content (AvgIpc) is 1.57. The molecule has 34 heteroatoms. The summed E-state index contributed by atoms with van der Waals surface area (Å²) < 4.78 is 147. The van der Waals surface area contributed by atoms with Crippen LogP contribution >= 0.6 is 0 Å². The maximum Gasteiger partial charge on any atom is 0.305 e. The Morgan fingerprint density at radius 1 is 0.420 bits per heavy atom. The first-order chi connectivity index (χ1) is 54.6. The molecule has 0 aliphatic carbocycles. The molecule has 0 aromatic rings. The van der Waals surface area contributed by atoms with Crippen LogP contribution in [-0.4, -0.2) is 292 Å². The maximum absolute atomic E-state index is 11.8. The summed E-state index contributed by atoms with van der Waals surface area (Å²) in [5.41, 5.74) is -3.83. The molecule has 12 aliphatic heterocycles. The van der Waals surface area contributed by atoms with Crippen LogP contribution in [0.2, 0.25) is 0 Å². The van der Waals surface area contributed by atoms with E-state index in [1.165, 1.54) is 34.5 Å². The number of ketones is 1. The Morgan fingerprint density at radius 3 is 1.07 bits per heavy atom. The van der Waals surface area contributed by atoms with Crippen molar-refractivity contribution in [1.82, 2.24) is 0 Å². The van der Waals surface area contributed by atoms with Crippen LogP contribution in [0.5, 0.6) is 0 Å². The van der Waals surface area contributed by atoms with Crippen molar-refractivity contribution in [3.63, 3.8) is 0 Å². The summed E-state index contributed by atoms with van der Waals surface area (Å²) in [5.74, 6) is -4.39. The van der Waals surface area contributed by atoms with Crippen molar-refractivity contribution in [1.29, 1.82) is 0 Å². The SMILES string of the molecule is C=C(C)[C@]1(CC)OC(OC(C)=O)[C@H](OC(C)=O)[C@@H]1OC.C=C(C)[C@]1(CC)O[C@@H]2OC(C)(C)O[C@@H]2[C@@H]1OC.C=C(C)[C@]1(CC)O[CH-][C@H](O)[C@@H]1OC.CC[C@@]1(C(C)(C)O)O[C@@H]2OC(C)(C)O[C@@H]2[C@@H]1OC.CC[C@@]1(C(C)=O)O[C@@H]2OC(C)(C)O[C@@H]2[C@@H]1OC.CC[C@@]1(C=O)O[C@@H]2OC(C)(C)O[C@@H]2[C@@H]1OC.CC[C@@]1([C@H](C)O)O[C@@H]2OC(C)(C)O[C@@H]2[C@@H]1OC.[U]. The topological polar surface area (TPSA) is 369 Å². The van der Waals surface area contributed by atoms with Gasteiger partial charge < -0.3 is 143 Å². The van der Waals surface area contributed by atoms with Crippen LogP contribution < -0.4 is 0 Å². The summed E-state index contributed by atoms with van der Waals surface area (Å²) in [4.78, 5) is 45.5. The Labute approximate surface area is 729 Å². The van der Waals surface area contributed by atoms with Gasteiger partial charge >= 0.3 is 11.9 Å². The molecule has 12 aliphatic rings. The van der Waals surface area contributed by atoms with E-state index in [1.54, 1.807) is 70.4 Å². The molecule has 12 fully saturated rings. The van der Waals surface area contributed by atoms with Gasteiger partial charge in [-0.25, -0.2) is 0 Å². The molecule has 0 aromatic heterocycles. The number of hydrogen-bond acceptors (Lipinski definition) is 33. The van der Waals surface area contributed by atoms with Crippen molar-refractivity contribution in [3.8, 4) is 0 Å². The summed E-state index contributed by atoms with van der Waals surface area (Å²) in [6.45, 7) is 60.2. The van der Waals surface area contributed by atoms with Gasteiger partial charge in [-0.3, -0.25) is 14.4 Å². The van der Waals surface area contributed by atoms with Crippen LogP contribution in [0.3, 0.4) is 0 Å². The van der Waals surface area contributed by atoms with Crippen LogP contribution in [0, 0.1) is 37.7 Å². The van der Waals surface area contributed by atoms with Gasteiger partial charge in [-0.15, -0.1) is 0 Å². The van der Waals surface area contributed by atoms with Gasteiger partial charge in [0, 0.05) is 94.7 Å². The molecule has 0 radical (unpaired) electrons. The van der Waals surface area contributed by atoms with Gasteiger partial charge in [0.25, 0.3) is 0 Å². The van der Waals surface area contributed by atoms with E-state index in [9.17, 15) is 34.5 Å². The maximum atomic E-state index is 11.8. The number of carbonyl (C=O) groups excluding carboxylic acids is 4. The zero-order valence-electron chi connectivity index (χ0n) is 76.9. The number of hydrogen-bond donors (Lipinski definition) is 3. The average molecular weight is 1930 g/mol. The number of methoxy groups -OCH3 is 7. The molecule has 33 nitrogen and oxygen atoms in total. The van der Waals surface area contributed by atoms with Crippen LogP contribution in [0.15, 0.2) is 36.5 Å². The van der Waals surface area contributed by atoms with Crippen molar-refractivity contribution in [2.45, 2.75) is 428 Å². The summed E-state index contributed by atoms with van der Waals surface area (Å²) >= 11 is 0. The van der Waals surface area contributed by atoms with E-state index in [2.05, 4.69) is 26.7 Å². The summed E-state index contributed by atoms with van der Waals surface area (Å²) in [5, 5.41) is 30.0. The second kappa shape index (κ2) is 41.3. The van der Waals surface area contributed by atoms with Crippen molar-refractivity contribution in [3.05, 3.63) is 43.1 Å². The molecule has 0 amide bonds. The number of fused-ring (bicyclic) bond motifs is 5. The van der Waals surface area contributed by atoms with E-state index < -0.39 is 154 Å². The third kappa shape index (κ3) is 21.6. The summed E-state index contributed by atoms with van der Waals surface area (Å²) in [6.07, 6.45) is -4.36. The third-order valence-electron chi connectivity index (χ3n) is 24.3. The molecule has 3 N–H and O–H groups in total. The Bertz CT molecular complexity index is 3300. The van der Waals surface area contributed by atoms with Gasteiger partial charge in [-0.05, 0) is 185 Å². The monoisotopic (exact) mass is 1930 g/mol. The number of rotatable bonds is 23. The fourth-order valence-electron chi connectivity index (χ4n) is 18.4. The number of aliphatic hydroxyl groups is 3. The van der Waals surface area contributed by atoms with E-state index >= 15 is 0 Å². The van der Waals surface area contributed by atoms with E-state index in [4.69, 9.17) is 123 Å². The molecule has 0 spiro atoms. The largest absolute Gasteiger partial charge is 0.540 e. The predicted molar refractivity (Wildman–Crippen MR) is 424 cm³/mol. The number of carbonyl (C=O) groups is 4. The second-order valence-electron chi connectivity index (χ2n) is 34.5. The number of aldehydes is 1. The number of esters is 2. The first-order valence-corrected chi connectivity index (χ1v) is 41.0. The van der Waals surface area contributed by atoms with Crippen LogP contribution in [0.4, 0.5) is 0 Å². The van der Waals surface area contributed by atoms with Crippen molar-refractivity contribution >= 4 is 24.0 Å². The zero-order valence-corrected chi connectivity index (χ0v) is 81.1. The van der Waals surface area contributed by atoms with Crippen molar-refractivity contribution in [2.24, 2.45) is 0 Å². The molecule has 0 aromatic carbocycles. The molecule has 119 heavy (non-hydrogen) atoms. The van der Waals surface area contributed by atoms with E-state index in [1.807, 2.05) is 125 Å². The number of aliphatic hydroxyl groups excluding tert-OH is 2. The van der Waals surface area contributed by atoms with Gasteiger partial charge in [0.1, 0.15) is 89.5 Å². The molecule has 1 unspecified atom stereocenters. The summed E-state index contributed by atoms with van der Waals surface area (Å²) in [7, 11) is 11.1. The van der Waals surface area contributed by atoms with Crippen LogP contribution in [-0.2, 0) is 142 Å². The molecule has 0 bridgehead atoms. The van der Waals surface area contributed by atoms with Gasteiger partial charge in [-0.1, -0.05) is 68.2 Å². The van der Waals surface area contributed by atoms with Gasteiger partial charge in [0.05, 0.1) is 23.4 Å². The fraction of sp³-hybridized carbons (Fsp3) is 0.871. The van der Waals surface area contributed by atoms with E-state index in [0.29, 0.717) is 32.1 Å². The van der Waals surface area contributed by atoms with Gasteiger partial charge in [0.2, 0.25) is 6.29 Å². The van der Waals surface area contributed by atoms with Gasteiger partial charge in [-0.2, -0.15) is 6.61 Å². The molecular formula is C85H145O33U-. The molecule has 12 heterocycles. The number of ether oxygens (including phenoxy) is 26. The Hall–Kier alpha value is -2.53. The minimum absolute atomic E-state index is 0. The minimum atomic E-state index is -1.04. The minimum Gasteiger partial charge on any atom is -0.540 e. The van der Waals surface area contributed by atoms with Crippen LogP contribution in [0.1, 0.15) is 225 Å². The quantitative estimate of drug-likeness (QED) is 0.0370. The van der Waals surface area contributed by atoms with E-state index in [-0.39, 0.29) is 98.1 Å². The fourth-order valence-corrected chi connectivity index (χ4v) is 18.4. The molecular weight excluding hydrogens is 1790 g/mol. The first kappa shape index (κ1) is 107.